The van der Waals surface area contributed by atoms with Crippen LogP contribution >= 0.6 is 0 Å². The summed E-state index contributed by atoms with van der Waals surface area (Å²) < 4.78 is 59.9. The molecule has 1 aliphatic heterocycles. The number of sulfonamides is 2. The Labute approximate surface area is 177 Å². The number of ether oxygens (including phenoxy) is 1. The zero-order chi connectivity index (χ0) is 21.9. The van der Waals surface area contributed by atoms with Crippen molar-refractivity contribution < 1.29 is 26.7 Å². The fourth-order valence-electron chi connectivity index (χ4n) is 3.11. The minimum atomic E-state index is -4.01. The first-order valence-electron chi connectivity index (χ1n) is 9.69. The van der Waals surface area contributed by atoms with Gasteiger partial charge in [-0.3, -0.25) is 4.72 Å². The summed E-state index contributed by atoms with van der Waals surface area (Å²) in [7, 11) is -7.84. The van der Waals surface area contributed by atoms with Crippen LogP contribution in [0.4, 0.5) is 5.69 Å². The maximum absolute atomic E-state index is 12.8. The molecule has 3 rings (SSSR count). The van der Waals surface area contributed by atoms with E-state index in [0.29, 0.717) is 19.1 Å². The maximum Gasteiger partial charge on any atom is 0.262 e. The summed E-state index contributed by atoms with van der Waals surface area (Å²) in [5.41, 5.74) is 0.827. The number of aromatic hydroxyl groups is 1. The second-order valence-corrected chi connectivity index (χ2v) is 10.8. The summed E-state index contributed by atoms with van der Waals surface area (Å²) in [6, 6.07) is 10.0. The van der Waals surface area contributed by atoms with Crippen molar-refractivity contribution >= 4 is 25.7 Å². The second-order valence-electron chi connectivity index (χ2n) is 7.18. The van der Waals surface area contributed by atoms with Crippen LogP contribution in [0.3, 0.4) is 0 Å². The Bertz CT molecular complexity index is 1090. The molecule has 0 aliphatic carbocycles. The van der Waals surface area contributed by atoms with Crippen molar-refractivity contribution in [3.8, 4) is 5.75 Å². The molecule has 0 saturated carbocycles. The normalized spacial score (nSPS) is 16.9. The first kappa shape index (κ1) is 22.5. The summed E-state index contributed by atoms with van der Waals surface area (Å²) >= 11 is 0. The average molecular weight is 455 g/mol. The van der Waals surface area contributed by atoms with Gasteiger partial charge in [-0.2, -0.15) is 4.31 Å². The lowest BCUT2D eigenvalue weighted by Gasteiger charge is -2.26. The molecule has 1 saturated heterocycles. The molecule has 2 aromatic rings. The number of hydrogen-bond acceptors (Lipinski definition) is 6. The number of nitrogens with zero attached hydrogens (tertiary/aromatic N) is 1. The van der Waals surface area contributed by atoms with E-state index in [0.717, 1.165) is 24.1 Å². The van der Waals surface area contributed by atoms with Gasteiger partial charge in [0.05, 0.1) is 28.7 Å². The number of hydrogen-bond donors (Lipinski definition) is 2. The number of benzene rings is 2. The third kappa shape index (κ3) is 4.77. The molecule has 1 heterocycles. The Morgan fingerprint density at radius 2 is 1.63 bits per heavy atom. The lowest BCUT2D eigenvalue weighted by Crippen LogP contribution is -2.40. The van der Waals surface area contributed by atoms with Crippen molar-refractivity contribution in [3.63, 3.8) is 0 Å². The molecule has 8 nitrogen and oxygen atoms in total. The molecule has 0 amide bonds. The van der Waals surface area contributed by atoms with E-state index in [1.165, 1.54) is 22.5 Å². The van der Waals surface area contributed by atoms with Gasteiger partial charge in [0.2, 0.25) is 10.0 Å². The SMILES string of the molecule is CC[C@H](C)c1ccc(S(=O)(=O)Nc2cc(S(=O)(=O)N3CCOCC3)ccc2O)cc1. The molecule has 0 aromatic heterocycles. The zero-order valence-corrected chi connectivity index (χ0v) is 18.5. The van der Waals surface area contributed by atoms with E-state index < -0.39 is 20.0 Å². The number of morpholine rings is 1. The number of phenolic OH excluding ortho intramolecular Hbond substituents is 1. The molecule has 0 bridgehead atoms. The van der Waals surface area contributed by atoms with E-state index in [9.17, 15) is 21.9 Å². The van der Waals surface area contributed by atoms with E-state index in [1.807, 2.05) is 0 Å². The molecule has 0 unspecified atom stereocenters. The smallest absolute Gasteiger partial charge is 0.262 e. The van der Waals surface area contributed by atoms with Crippen molar-refractivity contribution in [2.24, 2.45) is 0 Å². The predicted octanol–water partition coefficient (Wildman–Crippen LogP) is 2.73. The van der Waals surface area contributed by atoms with Gasteiger partial charge in [0.15, 0.2) is 0 Å². The molecule has 1 atom stereocenters. The van der Waals surface area contributed by atoms with Gasteiger partial charge in [-0.05, 0) is 48.2 Å². The van der Waals surface area contributed by atoms with Crippen LogP contribution in [-0.2, 0) is 24.8 Å². The van der Waals surface area contributed by atoms with Crippen LogP contribution in [0.5, 0.6) is 5.75 Å². The van der Waals surface area contributed by atoms with Crippen LogP contribution in [0.2, 0.25) is 0 Å². The standard InChI is InChI=1S/C20H26N2O6S2/c1-3-15(2)16-4-6-17(7-5-16)29(24,25)21-19-14-18(8-9-20(19)23)30(26,27)22-10-12-28-13-11-22/h4-9,14-15,21,23H,3,10-13H2,1-2H3/t15-/m0/s1. The largest absolute Gasteiger partial charge is 0.506 e. The summed E-state index contributed by atoms with van der Waals surface area (Å²) in [4.78, 5) is -0.0811. The van der Waals surface area contributed by atoms with Gasteiger partial charge < -0.3 is 9.84 Å². The summed E-state index contributed by atoms with van der Waals surface area (Å²) in [6.45, 7) is 5.13. The third-order valence-corrected chi connectivity index (χ3v) is 8.47. The highest BCUT2D eigenvalue weighted by atomic mass is 32.2. The van der Waals surface area contributed by atoms with Crippen molar-refractivity contribution in [3.05, 3.63) is 48.0 Å². The summed E-state index contributed by atoms with van der Waals surface area (Å²) in [5, 5.41) is 10.1. The zero-order valence-electron chi connectivity index (χ0n) is 16.9. The van der Waals surface area contributed by atoms with Crippen LogP contribution in [0, 0.1) is 0 Å². The van der Waals surface area contributed by atoms with Crippen LogP contribution in [0.15, 0.2) is 52.3 Å². The lowest BCUT2D eigenvalue weighted by molar-refractivity contribution is 0.0730. The van der Waals surface area contributed by atoms with E-state index in [-0.39, 0.29) is 34.3 Å². The molecule has 30 heavy (non-hydrogen) atoms. The Morgan fingerprint density at radius 1 is 1.03 bits per heavy atom. The summed E-state index contributed by atoms with van der Waals surface area (Å²) in [6.07, 6.45) is 0.933. The predicted molar refractivity (Wildman–Crippen MR) is 114 cm³/mol. The van der Waals surface area contributed by atoms with Crippen molar-refractivity contribution in [1.82, 2.24) is 4.31 Å². The van der Waals surface area contributed by atoms with Gasteiger partial charge >= 0.3 is 0 Å². The van der Waals surface area contributed by atoms with Crippen molar-refractivity contribution in [1.29, 1.82) is 0 Å². The number of rotatable bonds is 7. The highest BCUT2D eigenvalue weighted by Crippen LogP contribution is 2.30. The topological polar surface area (TPSA) is 113 Å². The second kappa shape index (κ2) is 8.93. The monoisotopic (exact) mass is 454 g/mol. The molecule has 1 aliphatic rings. The number of nitrogens with one attached hydrogen (secondary N) is 1. The molecule has 1 fully saturated rings. The van der Waals surface area contributed by atoms with E-state index in [4.69, 9.17) is 4.74 Å². The number of phenols is 1. The molecule has 2 N–H and O–H groups in total. The van der Waals surface area contributed by atoms with E-state index in [1.54, 1.807) is 12.1 Å². The Hall–Kier alpha value is -2.14. The highest BCUT2D eigenvalue weighted by Gasteiger charge is 2.27. The molecule has 164 valence electrons. The van der Waals surface area contributed by atoms with Gasteiger partial charge in [0.1, 0.15) is 5.75 Å². The Morgan fingerprint density at radius 3 is 2.23 bits per heavy atom. The van der Waals surface area contributed by atoms with Gasteiger partial charge in [0, 0.05) is 13.1 Å². The highest BCUT2D eigenvalue weighted by molar-refractivity contribution is 7.92. The first-order chi connectivity index (χ1) is 14.1. The molecule has 0 spiro atoms. The maximum atomic E-state index is 12.8. The molecule has 10 heteroatoms. The van der Waals surface area contributed by atoms with Gasteiger partial charge in [-0.15, -0.1) is 0 Å². The summed E-state index contributed by atoms with van der Waals surface area (Å²) in [5.74, 6) is -0.0587. The molecular formula is C20H26N2O6S2. The first-order valence-corrected chi connectivity index (χ1v) is 12.6. The molecule has 0 radical (unpaired) electrons. The van der Waals surface area contributed by atoms with E-state index in [2.05, 4.69) is 18.6 Å². The lowest BCUT2D eigenvalue weighted by atomic mass is 9.99. The Balaban J connectivity index is 1.88. The van der Waals surface area contributed by atoms with Crippen LogP contribution in [-0.4, -0.2) is 52.6 Å². The number of anilines is 1. The minimum Gasteiger partial charge on any atom is -0.506 e. The fourth-order valence-corrected chi connectivity index (χ4v) is 5.61. The van der Waals surface area contributed by atoms with Gasteiger partial charge in [-0.25, -0.2) is 16.8 Å². The quantitative estimate of drug-likeness (QED) is 0.622. The third-order valence-electron chi connectivity index (χ3n) is 5.19. The molecular weight excluding hydrogens is 428 g/mol. The van der Waals surface area contributed by atoms with Crippen molar-refractivity contribution in [2.45, 2.75) is 36.0 Å². The average Bonchev–Trinajstić information content (AvgIpc) is 2.75. The van der Waals surface area contributed by atoms with Crippen LogP contribution in [0.25, 0.3) is 0 Å². The van der Waals surface area contributed by atoms with E-state index >= 15 is 0 Å². The molecule has 2 aromatic carbocycles. The van der Waals surface area contributed by atoms with Crippen LogP contribution in [0.1, 0.15) is 31.7 Å². The minimum absolute atomic E-state index is 0.0235. The van der Waals surface area contributed by atoms with Gasteiger partial charge in [0.25, 0.3) is 10.0 Å². The Kier molecular flexibility index (Phi) is 6.71. The van der Waals surface area contributed by atoms with Crippen molar-refractivity contribution in [2.75, 3.05) is 31.0 Å². The fraction of sp³-hybridized carbons (Fsp3) is 0.400. The van der Waals surface area contributed by atoms with Gasteiger partial charge in [-0.1, -0.05) is 26.0 Å². The van der Waals surface area contributed by atoms with Crippen LogP contribution < -0.4 is 4.72 Å².